The van der Waals surface area contributed by atoms with Crippen LogP contribution in [0.3, 0.4) is 0 Å². The summed E-state index contributed by atoms with van der Waals surface area (Å²) in [5, 5.41) is 8.15. The number of benzene rings is 1. The van der Waals surface area contributed by atoms with E-state index in [1.54, 1.807) is 7.11 Å². The fraction of sp³-hybridized carbons (Fsp3) is 0.500. The highest BCUT2D eigenvalue weighted by Gasteiger charge is 2.17. The third-order valence-corrected chi connectivity index (χ3v) is 5.15. The smallest absolute Gasteiger partial charge is 0.223 e. The second kappa shape index (κ2) is 8.89. The number of ether oxygens (including phenoxy) is 1. The van der Waals surface area contributed by atoms with Crippen molar-refractivity contribution in [1.82, 2.24) is 15.1 Å². The maximum Gasteiger partial charge on any atom is 0.223 e. The highest BCUT2D eigenvalue weighted by molar-refractivity contribution is 7.99. The largest absolute Gasteiger partial charge is 0.497 e. The molecule has 0 unspecified atom stereocenters. The molecular formula is C18H23N3O3S. The van der Waals surface area contributed by atoms with E-state index in [-0.39, 0.29) is 5.91 Å². The summed E-state index contributed by atoms with van der Waals surface area (Å²) < 4.78 is 10.8. The lowest BCUT2D eigenvalue weighted by Crippen LogP contribution is -2.37. The number of nitrogens with zero attached hydrogens (tertiary/aromatic N) is 3. The second-order valence-electron chi connectivity index (χ2n) is 5.93. The summed E-state index contributed by atoms with van der Waals surface area (Å²) in [4.78, 5) is 14.1. The minimum Gasteiger partial charge on any atom is -0.497 e. The third kappa shape index (κ3) is 5.22. The molecule has 0 N–H and O–H groups in total. The molecule has 1 aromatic carbocycles. The van der Waals surface area contributed by atoms with Gasteiger partial charge in [0.2, 0.25) is 17.7 Å². The molecule has 3 rings (SSSR count). The second-order valence-corrected chi connectivity index (χ2v) is 7.16. The number of hydrogen-bond acceptors (Lipinski definition) is 6. The van der Waals surface area contributed by atoms with Gasteiger partial charge in [-0.15, -0.1) is 10.2 Å². The number of aryl methyl sites for hydroxylation is 3. The number of carbonyl (C=O) groups excluding carboxylic acids is 1. The zero-order chi connectivity index (χ0) is 17.5. The van der Waals surface area contributed by atoms with Crippen LogP contribution < -0.4 is 4.74 Å². The van der Waals surface area contributed by atoms with Gasteiger partial charge in [-0.05, 0) is 24.1 Å². The first-order valence-corrected chi connectivity index (χ1v) is 9.70. The summed E-state index contributed by atoms with van der Waals surface area (Å²) in [5.41, 5.74) is 1.19. The van der Waals surface area contributed by atoms with Gasteiger partial charge < -0.3 is 14.1 Å². The minimum atomic E-state index is 0.179. The van der Waals surface area contributed by atoms with E-state index < -0.39 is 0 Å². The quantitative estimate of drug-likeness (QED) is 0.754. The van der Waals surface area contributed by atoms with Crippen molar-refractivity contribution in [2.45, 2.75) is 25.7 Å². The maximum atomic E-state index is 12.2. The molecular weight excluding hydrogens is 338 g/mol. The molecule has 1 fully saturated rings. The Balaban J connectivity index is 1.44. The van der Waals surface area contributed by atoms with Crippen molar-refractivity contribution in [2.75, 3.05) is 31.7 Å². The Morgan fingerprint density at radius 3 is 2.48 bits per heavy atom. The molecule has 0 atom stereocenters. The third-order valence-electron chi connectivity index (χ3n) is 4.21. The van der Waals surface area contributed by atoms with Crippen LogP contribution in [0.1, 0.15) is 23.8 Å². The Kier molecular flexibility index (Phi) is 6.33. The molecule has 1 aliphatic heterocycles. The van der Waals surface area contributed by atoms with E-state index >= 15 is 0 Å². The van der Waals surface area contributed by atoms with Gasteiger partial charge in [-0.25, -0.2) is 0 Å². The van der Waals surface area contributed by atoms with Crippen molar-refractivity contribution in [3.05, 3.63) is 41.6 Å². The van der Waals surface area contributed by atoms with Crippen LogP contribution in [0.2, 0.25) is 0 Å². The van der Waals surface area contributed by atoms with Gasteiger partial charge in [-0.3, -0.25) is 4.79 Å². The number of carbonyl (C=O) groups is 1. The van der Waals surface area contributed by atoms with E-state index in [9.17, 15) is 4.79 Å². The molecule has 2 heterocycles. The predicted octanol–water partition coefficient (Wildman–Crippen LogP) is 2.37. The highest BCUT2D eigenvalue weighted by Crippen LogP contribution is 2.14. The van der Waals surface area contributed by atoms with Crippen LogP contribution >= 0.6 is 11.8 Å². The Morgan fingerprint density at radius 2 is 1.80 bits per heavy atom. The summed E-state index contributed by atoms with van der Waals surface area (Å²) in [6, 6.07) is 7.95. The van der Waals surface area contributed by atoms with E-state index in [2.05, 4.69) is 10.2 Å². The van der Waals surface area contributed by atoms with Crippen molar-refractivity contribution in [3.63, 3.8) is 0 Å². The van der Waals surface area contributed by atoms with E-state index in [1.807, 2.05) is 40.9 Å². The molecule has 7 heteroatoms. The van der Waals surface area contributed by atoms with Gasteiger partial charge in [0.15, 0.2) is 0 Å². The first-order chi connectivity index (χ1) is 12.2. The van der Waals surface area contributed by atoms with Gasteiger partial charge in [0.1, 0.15) is 5.75 Å². The molecule has 1 amide bonds. The van der Waals surface area contributed by atoms with Crippen LogP contribution in [-0.4, -0.2) is 52.7 Å². The van der Waals surface area contributed by atoms with E-state index in [4.69, 9.17) is 9.15 Å². The van der Waals surface area contributed by atoms with Crippen LogP contribution in [0.25, 0.3) is 0 Å². The zero-order valence-electron chi connectivity index (χ0n) is 14.4. The number of methoxy groups -OCH3 is 1. The number of rotatable bonds is 7. The van der Waals surface area contributed by atoms with E-state index in [0.717, 1.165) is 36.8 Å². The first kappa shape index (κ1) is 17.8. The molecule has 6 nitrogen and oxygen atoms in total. The molecule has 0 radical (unpaired) electrons. The lowest BCUT2D eigenvalue weighted by Gasteiger charge is -2.26. The van der Waals surface area contributed by atoms with Crippen molar-refractivity contribution < 1.29 is 13.9 Å². The molecule has 1 saturated heterocycles. The van der Waals surface area contributed by atoms with Crippen molar-refractivity contribution >= 4 is 17.7 Å². The summed E-state index contributed by atoms with van der Waals surface area (Å²) in [6.07, 6.45) is 2.47. The average molecular weight is 361 g/mol. The predicted molar refractivity (Wildman–Crippen MR) is 96.9 cm³/mol. The Labute approximate surface area is 151 Å². The number of thioether (sulfide) groups is 1. The van der Waals surface area contributed by atoms with Crippen molar-refractivity contribution in [1.29, 1.82) is 0 Å². The maximum absolute atomic E-state index is 12.2. The fourth-order valence-electron chi connectivity index (χ4n) is 2.72. The highest BCUT2D eigenvalue weighted by atomic mass is 32.2. The number of hydrogen-bond donors (Lipinski definition) is 0. The van der Waals surface area contributed by atoms with Crippen molar-refractivity contribution in [2.24, 2.45) is 0 Å². The normalized spacial score (nSPS) is 14.5. The summed E-state index contributed by atoms with van der Waals surface area (Å²) in [7, 11) is 1.66. The average Bonchev–Trinajstić information content (AvgIpc) is 3.13. The minimum absolute atomic E-state index is 0.179. The SMILES string of the molecule is COc1ccc(CCc2nnc(CCC(=O)N3CCSCC3)o2)cc1. The molecule has 25 heavy (non-hydrogen) atoms. The Hall–Kier alpha value is -2.02. The van der Waals surface area contributed by atoms with Crippen LogP contribution in [0.15, 0.2) is 28.7 Å². The van der Waals surface area contributed by atoms with Gasteiger partial charge >= 0.3 is 0 Å². The molecule has 1 aromatic heterocycles. The summed E-state index contributed by atoms with van der Waals surface area (Å²) in [6.45, 7) is 1.70. The van der Waals surface area contributed by atoms with Crippen LogP contribution in [0, 0.1) is 0 Å². The molecule has 134 valence electrons. The molecule has 0 saturated carbocycles. The van der Waals surface area contributed by atoms with Gasteiger partial charge in [-0.1, -0.05) is 12.1 Å². The van der Waals surface area contributed by atoms with Gasteiger partial charge in [-0.2, -0.15) is 11.8 Å². The topological polar surface area (TPSA) is 68.5 Å². The van der Waals surface area contributed by atoms with E-state index in [0.29, 0.717) is 31.0 Å². The van der Waals surface area contributed by atoms with Crippen LogP contribution in [0.5, 0.6) is 5.75 Å². The van der Waals surface area contributed by atoms with Crippen molar-refractivity contribution in [3.8, 4) is 5.75 Å². The monoisotopic (exact) mass is 361 g/mol. The van der Waals surface area contributed by atoms with Gasteiger partial charge in [0.05, 0.1) is 7.11 Å². The molecule has 2 aromatic rings. The van der Waals surface area contributed by atoms with Crippen LogP contribution in [-0.2, 0) is 24.1 Å². The zero-order valence-corrected chi connectivity index (χ0v) is 15.3. The summed E-state index contributed by atoms with van der Waals surface area (Å²) in [5.74, 6) is 4.25. The van der Waals surface area contributed by atoms with Gasteiger partial charge in [0, 0.05) is 43.9 Å². The van der Waals surface area contributed by atoms with Gasteiger partial charge in [0.25, 0.3) is 0 Å². The molecule has 0 aliphatic carbocycles. The first-order valence-electron chi connectivity index (χ1n) is 8.54. The molecule has 0 bridgehead atoms. The molecule has 1 aliphatic rings. The standard InChI is InChI=1S/C18H23N3O3S/c1-23-15-5-2-14(3-6-15)4-7-16-19-20-17(24-16)8-9-18(22)21-10-12-25-13-11-21/h2-3,5-6H,4,7-13H2,1H3. The summed E-state index contributed by atoms with van der Waals surface area (Å²) >= 11 is 1.90. The lowest BCUT2D eigenvalue weighted by molar-refractivity contribution is -0.130. The van der Waals surface area contributed by atoms with Crippen LogP contribution in [0.4, 0.5) is 0 Å². The molecule has 0 spiro atoms. The number of aromatic nitrogens is 2. The lowest BCUT2D eigenvalue weighted by atomic mass is 10.1. The Bertz CT molecular complexity index is 681. The van der Waals surface area contributed by atoms with E-state index in [1.165, 1.54) is 5.56 Å². The fourth-order valence-corrected chi connectivity index (χ4v) is 3.62. The Morgan fingerprint density at radius 1 is 1.12 bits per heavy atom. The number of amides is 1.